The minimum Gasteiger partial charge on any atom is -0.478 e. The fraction of sp³-hybridized carbons (Fsp3) is 0.286. The van der Waals surface area contributed by atoms with Crippen molar-refractivity contribution in [3.05, 3.63) is 80.3 Å². The van der Waals surface area contributed by atoms with Gasteiger partial charge in [-0.05, 0) is 43.3 Å². The van der Waals surface area contributed by atoms with Gasteiger partial charge in [0.25, 0.3) is 0 Å². The molecule has 0 aliphatic rings. The lowest BCUT2D eigenvalue weighted by Gasteiger charge is -2.12. The molecule has 2 heterocycles. The highest BCUT2D eigenvalue weighted by molar-refractivity contribution is 7.09. The standard InChI is InChI=1S/C21H24N2O2S/c1-14-7-4-5-8-17(14)13-23-15(2)19(20(16(23)3)21(24)25)12-22-11-18-9-6-10-26-18/h4-10,22H,11-13H2,1-3H3,(H,24,25). The molecule has 0 atom stereocenters. The van der Waals surface area contributed by atoms with Crippen molar-refractivity contribution in [3.63, 3.8) is 0 Å². The van der Waals surface area contributed by atoms with Crippen LogP contribution in [0.15, 0.2) is 41.8 Å². The molecule has 3 aromatic rings. The largest absolute Gasteiger partial charge is 0.478 e. The molecule has 0 fully saturated rings. The maximum Gasteiger partial charge on any atom is 0.337 e. The lowest BCUT2D eigenvalue weighted by molar-refractivity contribution is 0.0694. The van der Waals surface area contributed by atoms with E-state index in [4.69, 9.17) is 0 Å². The van der Waals surface area contributed by atoms with Gasteiger partial charge in [-0.15, -0.1) is 11.3 Å². The summed E-state index contributed by atoms with van der Waals surface area (Å²) in [4.78, 5) is 13.1. The zero-order valence-electron chi connectivity index (χ0n) is 15.4. The van der Waals surface area contributed by atoms with Crippen LogP contribution in [-0.4, -0.2) is 15.6 Å². The molecule has 4 nitrogen and oxygen atoms in total. The van der Waals surface area contributed by atoms with E-state index in [-0.39, 0.29) is 0 Å². The number of aryl methyl sites for hydroxylation is 1. The van der Waals surface area contributed by atoms with Crippen LogP contribution in [0.3, 0.4) is 0 Å². The van der Waals surface area contributed by atoms with Crippen molar-refractivity contribution in [3.8, 4) is 0 Å². The van der Waals surface area contributed by atoms with Crippen LogP contribution in [0.5, 0.6) is 0 Å². The van der Waals surface area contributed by atoms with E-state index in [1.165, 1.54) is 16.0 Å². The first-order valence-corrected chi connectivity index (χ1v) is 9.56. The number of rotatable bonds is 7. The maximum atomic E-state index is 11.9. The van der Waals surface area contributed by atoms with E-state index in [2.05, 4.69) is 35.0 Å². The second kappa shape index (κ2) is 7.89. The molecule has 5 heteroatoms. The van der Waals surface area contributed by atoms with Crippen LogP contribution in [0.4, 0.5) is 0 Å². The summed E-state index contributed by atoms with van der Waals surface area (Å²) in [6, 6.07) is 12.3. The van der Waals surface area contributed by atoms with E-state index in [1.54, 1.807) is 11.3 Å². The number of carboxylic acid groups (broad SMARTS) is 1. The molecule has 26 heavy (non-hydrogen) atoms. The fourth-order valence-electron chi connectivity index (χ4n) is 3.37. The van der Waals surface area contributed by atoms with Gasteiger partial charge >= 0.3 is 5.97 Å². The van der Waals surface area contributed by atoms with Crippen molar-refractivity contribution in [2.24, 2.45) is 0 Å². The monoisotopic (exact) mass is 368 g/mol. The van der Waals surface area contributed by atoms with Crippen molar-refractivity contribution < 1.29 is 9.90 Å². The number of nitrogens with zero attached hydrogens (tertiary/aromatic N) is 1. The van der Waals surface area contributed by atoms with Gasteiger partial charge in [-0.25, -0.2) is 4.79 Å². The molecule has 0 spiro atoms. The van der Waals surface area contributed by atoms with Gasteiger partial charge in [0.1, 0.15) is 0 Å². The third kappa shape index (κ3) is 3.74. The molecule has 0 saturated heterocycles. The summed E-state index contributed by atoms with van der Waals surface area (Å²) in [5.41, 5.74) is 5.56. The molecular weight excluding hydrogens is 344 g/mol. The number of hydrogen-bond acceptors (Lipinski definition) is 3. The first-order chi connectivity index (χ1) is 12.5. The van der Waals surface area contributed by atoms with Crippen LogP contribution >= 0.6 is 11.3 Å². The van der Waals surface area contributed by atoms with Crippen LogP contribution in [0.1, 0.15) is 43.3 Å². The molecule has 0 aliphatic carbocycles. The van der Waals surface area contributed by atoms with E-state index in [9.17, 15) is 9.90 Å². The highest BCUT2D eigenvalue weighted by atomic mass is 32.1. The number of hydrogen-bond donors (Lipinski definition) is 2. The zero-order valence-corrected chi connectivity index (χ0v) is 16.2. The van der Waals surface area contributed by atoms with Crippen LogP contribution < -0.4 is 5.32 Å². The van der Waals surface area contributed by atoms with Crippen LogP contribution in [0.2, 0.25) is 0 Å². The second-order valence-corrected chi connectivity index (χ2v) is 7.56. The molecule has 2 N–H and O–H groups in total. The molecule has 0 aliphatic heterocycles. The number of benzene rings is 1. The summed E-state index contributed by atoms with van der Waals surface area (Å²) in [6.07, 6.45) is 0. The lowest BCUT2D eigenvalue weighted by Crippen LogP contribution is -2.15. The Balaban J connectivity index is 1.88. The topological polar surface area (TPSA) is 54.3 Å². The van der Waals surface area contributed by atoms with Crippen LogP contribution in [0, 0.1) is 20.8 Å². The summed E-state index contributed by atoms with van der Waals surface area (Å²) in [5.74, 6) is -0.859. The maximum absolute atomic E-state index is 11.9. The predicted molar refractivity (Wildman–Crippen MR) is 106 cm³/mol. The average molecular weight is 369 g/mol. The van der Waals surface area contributed by atoms with Gasteiger partial charge in [-0.1, -0.05) is 30.3 Å². The molecule has 136 valence electrons. The van der Waals surface area contributed by atoms with Crippen LogP contribution in [-0.2, 0) is 19.6 Å². The SMILES string of the molecule is Cc1ccccc1Cn1c(C)c(CNCc2cccs2)c(C(=O)O)c1C. The van der Waals surface area contributed by atoms with Gasteiger partial charge in [0.15, 0.2) is 0 Å². The number of carboxylic acids is 1. The van der Waals surface area contributed by atoms with Crippen molar-refractivity contribution in [1.29, 1.82) is 0 Å². The Morgan fingerprint density at radius 3 is 2.50 bits per heavy atom. The highest BCUT2D eigenvalue weighted by Gasteiger charge is 2.22. The fourth-order valence-corrected chi connectivity index (χ4v) is 4.04. The normalized spacial score (nSPS) is 11.0. The molecule has 2 aromatic heterocycles. The smallest absolute Gasteiger partial charge is 0.337 e. The van der Waals surface area contributed by atoms with Gasteiger partial charge in [0.2, 0.25) is 0 Å². The van der Waals surface area contributed by atoms with E-state index in [0.717, 1.165) is 23.5 Å². The van der Waals surface area contributed by atoms with Crippen LogP contribution in [0.25, 0.3) is 0 Å². The minimum absolute atomic E-state index is 0.426. The molecule has 0 saturated carbocycles. The molecule has 0 unspecified atom stereocenters. The Labute approximate surface area is 158 Å². The van der Waals surface area contributed by atoms with E-state index in [1.807, 2.05) is 37.4 Å². The molecular formula is C21H24N2O2S. The summed E-state index contributed by atoms with van der Waals surface area (Å²) in [6.45, 7) is 7.99. The van der Waals surface area contributed by atoms with Crippen molar-refractivity contribution >= 4 is 17.3 Å². The molecule has 0 radical (unpaired) electrons. The number of aromatic carboxylic acids is 1. The number of thiophene rings is 1. The number of carbonyl (C=O) groups is 1. The van der Waals surface area contributed by atoms with Crippen molar-refractivity contribution in [2.75, 3.05) is 0 Å². The Kier molecular flexibility index (Phi) is 5.59. The number of nitrogens with one attached hydrogen (secondary N) is 1. The molecule has 3 rings (SSSR count). The first-order valence-electron chi connectivity index (χ1n) is 8.68. The molecule has 0 amide bonds. The van der Waals surface area contributed by atoms with Gasteiger partial charge in [-0.3, -0.25) is 0 Å². The van der Waals surface area contributed by atoms with Crippen molar-refractivity contribution in [2.45, 2.75) is 40.4 Å². The third-order valence-corrected chi connectivity index (χ3v) is 5.77. The summed E-state index contributed by atoms with van der Waals surface area (Å²) in [5, 5.41) is 15.2. The number of aromatic nitrogens is 1. The lowest BCUT2D eigenvalue weighted by atomic mass is 10.1. The second-order valence-electron chi connectivity index (χ2n) is 6.53. The Bertz CT molecular complexity index is 910. The summed E-state index contributed by atoms with van der Waals surface area (Å²) >= 11 is 1.70. The average Bonchev–Trinajstić information content (AvgIpc) is 3.19. The molecule has 0 bridgehead atoms. The van der Waals surface area contributed by atoms with Crippen molar-refractivity contribution in [1.82, 2.24) is 9.88 Å². The third-order valence-electron chi connectivity index (χ3n) is 4.89. The van der Waals surface area contributed by atoms with E-state index < -0.39 is 5.97 Å². The Hall–Kier alpha value is -2.37. The van der Waals surface area contributed by atoms with Gasteiger partial charge in [-0.2, -0.15) is 0 Å². The minimum atomic E-state index is -0.859. The Morgan fingerprint density at radius 1 is 1.08 bits per heavy atom. The van der Waals surface area contributed by atoms with Gasteiger partial charge < -0.3 is 15.0 Å². The van der Waals surface area contributed by atoms with E-state index >= 15 is 0 Å². The zero-order chi connectivity index (χ0) is 18.7. The predicted octanol–water partition coefficient (Wildman–Crippen LogP) is 4.51. The quantitative estimate of drug-likeness (QED) is 0.645. The first kappa shape index (κ1) is 18.4. The summed E-state index contributed by atoms with van der Waals surface area (Å²) in [7, 11) is 0. The van der Waals surface area contributed by atoms with Gasteiger partial charge in [0, 0.05) is 41.5 Å². The van der Waals surface area contributed by atoms with Gasteiger partial charge in [0.05, 0.1) is 5.56 Å². The Morgan fingerprint density at radius 2 is 1.85 bits per heavy atom. The van der Waals surface area contributed by atoms with E-state index in [0.29, 0.717) is 18.7 Å². The summed E-state index contributed by atoms with van der Waals surface area (Å²) < 4.78 is 2.12. The highest BCUT2D eigenvalue weighted by Crippen LogP contribution is 2.25. The molecule has 1 aromatic carbocycles.